The van der Waals surface area contributed by atoms with Crippen molar-refractivity contribution in [3.8, 4) is 0 Å². The topological polar surface area (TPSA) is 38.8 Å². The third-order valence-electron chi connectivity index (χ3n) is 3.06. The Bertz CT molecular complexity index is 533. The van der Waals surface area contributed by atoms with Crippen LogP contribution in [-0.4, -0.2) is 25.2 Å². The summed E-state index contributed by atoms with van der Waals surface area (Å²) in [6, 6.07) is 2.25. The molecule has 4 nitrogen and oxygen atoms in total. The minimum Gasteiger partial charge on any atom is -0.366 e. The molecule has 1 aliphatic heterocycles. The molecule has 0 saturated carbocycles. The first kappa shape index (κ1) is 15.6. The number of benzene rings is 1. The molecule has 2 rings (SSSR count). The third kappa shape index (κ3) is 3.84. The number of rotatable bonds is 3. The number of hydrogen-bond acceptors (Lipinski definition) is 4. The van der Waals surface area contributed by atoms with Crippen molar-refractivity contribution in [3.05, 3.63) is 29.6 Å². The highest BCUT2D eigenvalue weighted by atomic mass is 19.4. The van der Waals surface area contributed by atoms with Crippen molar-refractivity contribution >= 4 is 11.7 Å². The van der Waals surface area contributed by atoms with E-state index >= 15 is 0 Å². The molecule has 1 saturated heterocycles. The maximum absolute atomic E-state index is 13.7. The number of halogens is 4. The summed E-state index contributed by atoms with van der Waals surface area (Å²) in [6.07, 6.45) is -4.61. The smallest absolute Gasteiger partial charge is 0.366 e. The molecule has 0 N–H and O–H groups in total. The van der Waals surface area contributed by atoms with Crippen LogP contribution in [-0.2, 0) is 20.7 Å². The largest absolute Gasteiger partial charge is 0.416 e. The maximum Gasteiger partial charge on any atom is 0.416 e. The Balaban J connectivity index is 2.10. The monoisotopic (exact) mass is 307 g/mol. The molecule has 1 aromatic carbocycles. The van der Waals surface area contributed by atoms with Crippen LogP contribution in [0.2, 0.25) is 0 Å². The van der Waals surface area contributed by atoms with Crippen molar-refractivity contribution in [1.82, 2.24) is 0 Å². The minimum absolute atomic E-state index is 0.140. The standard InChI is InChI=1S/C13H13F4NO3/c1-8(19)20-21-10-4-5-18(7-10)12-6-9(13(15,16)17)2-3-11(12)14/h2-3,6,10H,4-5,7H2,1H3. The molecule has 0 radical (unpaired) electrons. The number of carbonyl (C=O) groups excluding carboxylic acids is 1. The van der Waals surface area contributed by atoms with E-state index in [1.807, 2.05) is 0 Å². The number of hydrogen-bond donors (Lipinski definition) is 0. The molecule has 0 bridgehead atoms. The summed E-state index contributed by atoms with van der Waals surface area (Å²) in [7, 11) is 0. The summed E-state index contributed by atoms with van der Waals surface area (Å²) in [5, 5.41) is 0. The van der Waals surface area contributed by atoms with Crippen LogP contribution in [0, 0.1) is 5.82 Å². The second kappa shape index (κ2) is 5.88. The lowest BCUT2D eigenvalue weighted by Gasteiger charge is -2.20. The Morgan fingerprint density at radius 2 is 2.10 bits per heavy atom. The summed E-state index contributed by atoms with van der Waals surface area (Å²) >= 11 is 0. The molecular formula is C13H13F4NO3. The van der Waals surface area contributed by atoms with Crippen LogP contribution < -0.4 is 4.90 Å². The van der Waals surface area contributed by atoms with Crippen molar-refractivity contribution in [3.63, 3.8) is 0 Å². The minimum atomic E-state index is -4.53. The van der Waals surface area contributed by atoms with Gasteiger partial charge in [0.15, 0.2) is 0 Å². The van der Waals surface area contributed by atoms with E-state index in [2.05, 4.69) is 4.89 Å². The summed E-state index contributed by atoms with van der Waals surface area (Å²) in [5.74, 6) is -1.37. The molecule has 1 unspecified atom stereocenters. The van der Waals surface area contributed by atoms with Crippen LogP contribution in [0.3, 0.4) is 0 Å². The van der Waals surface area contributed by atoms with Gasteiger partial charge in [0.25, 0.3) is 0 Å². The van der Waals surface area contributed by atoms with Gasteiger partial charge in [0.05, 0.1) is 11.3 Å². The molecule has 116 valence electrons. The Labute approximate surface area is 118 Å². The van der Waals surface area contributed by atoms with Crippen LogP contribution in [0.4, 0.5) is 23.2 Å². The van der Waals surface area contributed by atoms with Gasteiger partial charge in [0, 0.05) is 20.0 Å². The Hall–Kier alpha value is -1.83. The molecule has 1 aliphatic rings. The van der Waals surface area contributed by atoms with Crippen LogP contribution >= 0.6 is 0 Å². The predicted molar refractivity (Wildman–Crippen MR) is 64.9 cm³/mol. The average molecular weight is 307 g/mol. The molecule has 0 aliphatic carbocycles. The van der Waals surface area contributed by atoms with Gasteiger partial charge in [-0.25, -0.2) is 9.18 Å². The SMILES string of the molecule is CC(=O)OOC1CCN(c2cc(C(F)(F)F)ccc2F)C1. The highest BCUT2D eigenvalue weighted by Crippen LogP contribution is 2.34. The van der Waals surface area contributed by atoms with Crippen LogP contribution in [0.25, 0.3) is 0 Å². The van der Waals surface area contributed by atoms with E-state index in [9.17, 15) is 22.4 Å². The van der Waals surface area contributed by atoms with Gasteiger partial charge in [0.2, 0.25) is 0 Å². The summed E-state index contributed by atoms with van der Waals surface area (Å²) < 4.78 is 51.7. The lowest BCUT2D eigenvalue weighted by Crippen LogP contribution is -2.24. The summed E-state index contributed by atoms with van der Waals surface area (Å²) in [4.78, 5) is 21.2. The van der Waals surface area contributed by atoms with Gasteiger partial charge in [-0.15, -0.1) is 0 Å². The zero-order chi connectivity index (χ0) is 15.6. The van der Waals surface area contributed by atoms with Gasteiger partial charge in [0.1, 0.15) is 11.9 Å². The van der Waals surface area contributed by atoms with Crippen molar-refractivity contribution in [2.45, 2.75) is 25.6 Å². The Morgan fingerprint density at radius 3 is 2.71 bits per heavy atom. The van der Waals surface area contributed by atoms with Crippen LogP contribution in [0.5, 0.6) is 0 Å². The first-order valence-electron chi connectivity index (χ1n) is 6.23. The van der Waals surface area contributed by atoms with E-state index in [0.29, 0.717) is 19.0 Å². The molecular weight excluding hydrogens is 294 g/mol. The molecule has 0 spiro atoms. The van der Waals surface area contributed by atoms with Gasteiger partial charge in [-0.2, -0.15) is 18.1 Å². The molecule has 1 atom stereocenters. The van der Waals surface area contributed by atoms with Gasteiger partial charge >= 0.3 is 12.1 Å². The molecule has 1 fully saturated rings. The molecule has 1 heterocycles. The normalized spacial score (nSPS) is 18.9. The molecule has 8 heteroatoms. The second-order valence-corrected chi connectivity index (χ2v) is 4.69. The molecule has 1 aromatic rings. The third-order valence-corrected chi connectivity index (χ3v) is 3.06. The average Bonchev–Trinajstić information content (AvgIpc) is 2.84. The molecule has 21 heavy (non-hydrogen) atoms. The quantitative estimate of drug-likeness (QED) is 0.489. The van der Waals surface area contributed by atoms with Gasteiger partial charge in [-0.1, -0.05) is 0 Å². The van der Waals surface area contributed by atoms with E-state index in [4.69, 9.17) is 4.89 Å². The first-order chi connectivity index (χ1) is 9.77. The Kier molecular flexibility index (Phi) is 4.36. The van der Waals surface area contributed by atoms with Gasteiger partial charge < -0.3 is 4.90 Å². The fourth-order valence-electron chi connectivity index (χ4n) is 2.09. The van der Waals surface area contributed by atoms with Crippen LogP contribution in [0.1, 0.15) is 18.9 Å². The fourth-order valence-corrected chi connectivity index (χ4v) is 2.09. The van der Waals surface area contributed by atoms with Crippen molar-refractivity contribution in [1.29, 1.82) is 0 Å². The molecule has 0 aromatic heterocycles. The number of nitrogens with zero attached hydrogens (tertiary/aromatic N) is 1. The maximum atomic E-state index is 13.7. The zero-order valence-electron chi connectivity index (χ0n) is 11.1. The van der Waals surface area contributed by atoms with Gasteiger partial charge in [-0.3, -0.25) is 4.89 Å². The van der Waals surface area contributed by atoms with Gasteiger partial charge in [-0.05, 0) is 24.6 Å². The summed E-state index contributed by atoms with van der Waals surface area (Å²) in [5.41, 5.74) is -1.05. The number of anilines is 1. The van der Waals surface area contributed by atoms with E-state index < -0.39 is 29.6 Å². The summed E-state index contributed by atoms with van der Waals surface area (Å²) in [6.45, 7) is 1.62. The number of carbonyl (C=O) groups is 1. The van der Waals surface area contributed by atoms with Crippen molar-refractivity contribution in [2.75, 3.05) is 18.0 Å². The van der Waals surface area contributed by atoms with Crippen LogP contribution in [0.15, 0.2) is 18.2 Å². The van der Waals surface area contributed by atoms with Crippen molar-refractivity contribution in [2.24, 2.45) is 0 Å². The Morgan fingerprint density at radius 1 is 1.38 bits per heavy atom. The lowest BCUT2D eigenvalue weighted by atomic mass is 10.1. The van der Waals surface area contributed by atoms with E-state index in [1.165, 1.54) is 11.8 Å². The lowest BCUT2D eigenvalue weighted by molar-refractivity contribution is -0.291. The predicted octanol–water partition coefficient (Wildman–Crippen LogP) is 2.92. The fraction of sp³-hybridized carbons (Fsp3) is 0.462. The highest BCUT2D eigenvalue weighted by Gasteiger charge is 2.33. The highest BCUT2D eigenvalue weighted by molar-refractivity contribution is 5.65. The van der Waals surface area contributed by atoms with Crippen molar-refractivity contribution < 1.29 is 32.1 Å². The van der Waals surface area contributed by atoms with E-state index in [1.54, 1.807) is 0 Å². The first-order valence-corrected chi connectivity index (χ1v) is 6.23. The second-order valence-electron chi connectivity index (χ2n) is 4.69. The zero-order valence-corrected chi connectivity index (χ0v) is 11.1. The number of alkyl halides is 3. The van der Waals surface area contributed by atoms with E-state index in [-0.39, 0.29) is 12.2 Å². The van der Waals surface area contributed by atoms with E-state index in [0.717, 1.165) is 12.1 Å². The molecule has 0 amide bonds.